The Morgan fingerprint density at radius 2 is 2.00 bits per heavy atom. The van der Waals surface area contributed by atoms with Crippen LogP contribution in [0.25, 0.3) is 0 Å². The minimum absolute atomic E-state index is 0.00861. The van der Waals surface area contributed by atoms with Crippen LogP contribution in [-0.2, 0) is 11.2 Å². The predicted octanol–water partition coefficient (Wildman–Crippen LogP) is 1.96. The third-order valence-electron chi connectivity index (χ3n) is 4.32. The van der Waals surface area contributed by atoms with Crippen LogP contribution in [0.3, 0.4) is 0 Å². The highest BCUT2D eigenvalue weighted by Gasteiger charge is 2.42. The van der Waals surface area contributed by atoms with Gasteiger partial charge in [0.25, 0.3) is 0 Å². The first-order chi connectivity index (χ1) is 9.59. The molecule has 2 heterocycles. The van der Waals surface area contributed by atoms with Crippen molar-refractivity contribution in [1.29, 1.82) is 0 Å². The van der Waals surface area contributed by atoms with Crippen molar-refractivity contribution in [3.63, 3.8) is 0 Å². The van der Waals surface area contributed by atoms with Crippen LogP contribution in [0, 0.1) is 5.92 Å². The van der Waals surface area contributed by atoms with E-state index < -0.39 is 12.0 Å². The van der Waals surface area contributed by atoms with Crippen molar-refractivity contribution in [3.05, 3.63) is 29.8 Å². The van der Waals surface area contributed by atoms with E-state index in [1.807, 2.05) is 31.2 Å². The number of anilines is 1. The number of nitrogens with zero attached hydrogens (tertiary/aromatic N) is 2. The maximum Gasteiger partial charge on any atom is 0.326 e. The maximum absolute atomic E-state index is 12.7. The Hall–Kier alpha value is -2.04. The molecule has 0 aliphatic carbocycles. The fraction of sp³-hybridized carbons (Fsp3) is 0.467. The van der Waals surface area contributed by atoms with Gasteiger partial charge >= 0.3 is 12.0 Å². The van der Waals surface area contributed by atoms with E-state index in [0.717, 1.165) is 24.1 Å². The molecule has 2 atom stereocenters. The van der Waals surface area contributed by atoms with Gasteiger partial charge in [0.2, 0.25) is 0 Å². The first-order valence-corrected chi connectivity index (χ1v) is 6.98. The van der Waals surface area contributed by atoms with Gasteiger partial charge in [0.05, 0.1) is 0 Å². The molecule has 0 spiro atoms. The molecule has 1 aromatic carbocycles. The largest absolute Gasteiger partial charge is 0.480 e. The molecular formula is C15H18N2O3. The number of carboxylic acid groups (broad SMARTS) is 1. The standard InChI is InChI=1S/C15H18N2O3/c1-10-6-8-17(13(10)14(18)19)15(20)16-9-7-11-4-2-3-5-12(11)16/h2-5,10,13H,6-9H2,1H3,(H,18,19). The summed E-state index contributed by atoms with van der Waals surface area (Å²) in [6, 6.07) is 6.94. The van der Waals surface area contributed by atoms with Crippen molar-refractivity contribution in [2.24, 2.45) is 5.92 Å². The second-order valence-corrected chi connectivity index (χ2v) is 5.56. The highest BCUT2D eigenvalue weighted by atomic mass is 16.4. The highest BCUT2D eigenvalue weighted by Crippen LogP contribution is 2.31. The summed E-state index contributed by atoms with van der Waals surface area (Å²) in [6.07, 6.45) is 1.58. The molecule has 2 aliphatic heterocycles. The monoisotopic (exact) mass is 274 g/mol. The average molecular weight is 274 g/mol. The van der Waals surface area contributed by atoms with Gasteiger partial charge in [-0.1, -0.05) is 25.1 Å². The van der Waals surface area contributed by atoms with Crippen molar-refractivity contribution in [1.82, 2.24) is 4.90 Å². The Labute approximate surface area is 117 Å². The first-order valence-electron chi connectivity index (χ1n) is 6.98. The molecule has 0 saturated carbocycles. The summed E-state index contributed by atoms with van der Waals surface area (Å²) < 4.78 is 0. The number of rotatable bonds is 1. The number of carbonyl (C=O) groups is 2. The summed E-state index contributed by atoms with van der Waals surface area (Å²) in [4.78, 5) is 27.3. The Kier molecular flexibility index (Phi) is 3.12. The number of urea groups is 1. The molecule has 1 aromatic rings. The summed E-state index contributed by atoms with van der Waals surface area (Å²) in [6.45, 7) is 3.05. The van der Waals surface area contributed by atoms with E-state index >= 15 is 0 Å². The van der Waals surface area contributed by atoms with E-state index in [1.54, 1.807) is 4.90 Å². The van der Waals surface area contributed by atoms with Crippen molar-refractivity contribution in [3.8, 4) is 0 Å². The van der Waals surface area contributed by atoms with Crippen molar-refractivity contribution in [2.45, 2.75) is 25.8 Å². The van der Waals surface area contributed by atoms with Gasteiger partial charge in [0, 0.05) is 18.8 Å². The predicted molar refractivity (Wildman–Crippen MR) is 74.8 cm³/mol. The van der Waals surface area contributed by atoms with Crippen molar-refractivity contribution < 1.29 is 14.7 Å². The molecule has 0 radical (unpaired) electrons. The van der Waals surface area contributed by atoms with E-state index in [2.05, 4.69) is 0 Å². The Bertz CT molecular complexity index is 558. The molecule has 5 heteroatoms. The van der Waals surface area contributed by atoms with Gasteiger partial charge < -0.3 is 10.0 Å². The van der Waals surface area contributed by atoms with E-state index in [0.29, 0.717) is 13.1 Å². The summed E-state index contributed by atoms with van der Waals surface area (Å²) in [5.74, 6) is -0.898. The molecule has 2 unspecified atom stereocenters. The smallest absolute Gasteiger partial charge is 0.326 e. The second-order valence-electron chi connectivity index (χ2n) is 5.56. The van der Waals surface area contributed by atoms with Crippen LogP contribution >= 0.6 is 0 Å². The zero-order chi connectivity index (χ0) is 14.3. The third kappa shape index (κ3) is 1.94. The van der Waals surface area contributed by atoms with Crippen LogP contribution in [0.1, 0.15) is 18.9 Å². The van der Waals surface area contributed by atoms with Gasteiger partial charge in [-0.3, -0.25) is 4.90 Å². The number of hydrogen-bond acceptors (Lipinski definition) is 2. The molecule has 5 nitrogen and oxygen atoms in total. The summed E-state index contributed by atoms with van der Waals surface area (Å²) in [5, 5.41) is 9.33. The van der Waals surface area contributed by atoms with Gasteiger partial charge in [-0.2, -0.15) is 0 Å². The quantitative estimate of drug-likeness (QED) is 0.851. The Morgan fingerprint density at radius 1 is 1.25 bits per heavy atom. The number of para-hydroxylation sites is 1. The molecule has 3 rings (SSSR count). The molecule has 0 bridgehead atoms. The van der Waals surface area contributed by atoms with Crippen molar-refractivity contribution >= 4 is 17.7 Å². The summed E-state index contributed by atoms with van der Waals surface area (Å²) in [7, 11) is 0. The van der Waals surface area contributed by atoms with Gasteiger partial charge in [-0.05, 0) is 30.4 Å². The maximum atomic E-state index is 12.7. The molecule has 1 N–H and O–H groups in total. The topological polar surface area (TPSA) is 60.9 Å². The van der Waals surface area contributed by atoms with E-state index in [4.69, 9.17) is 0 Å². The van der Waals surface area contributed by atoms with Crippen LogP contribution < -0.4 is 4.90 Å². The minimum atomic E-state index is -0.907. The number of fused-ring (bicyclic) bond motifs is 1. The normalized spacial score (nSPS) is 24.9. The number of carboxylic acids is 1. The Balaban J connectivity index is 1.85. The minimum Gasteiger partial charge on any atom is -0.480 e. The number of carbonyl (C=O) groups excluding carboxylic acids is 1. The third-order valence-corrected chi connectivity index (χ3v) is 4.32. The number of likely N-dealkylation sites (tertiary alicyclic amines) is 1. The van der Waals surface area contributed by atoms with E-state index in [1.165, 1.54) is 4.90 Å². The van der Waals surface area contributed by atoms with Crippen LogP contribution in [0.15, 0.2) is 24.3 Å². The summed E-state index contributed by atoms with van der Waals surface area (Å²) >= 11 is 0. The summed E-state index contributed by atoms with van der Waals surface area (Å²) in [5.41, 5.74) is 2.07. The molecule has 0 aromatic heterocycles. The number of aliphatic carboxylic acids is 1. The molecule has 20 heavy (non-hydrogen) atoms. The lowest BCUT2D eigenvalue weighted by molar-refractivity contribution is -0.142. The van der Waals surface area contributed by atoms with Gasteiger partial charge in [-0.15, -0.1) is 0 Å². The fourth-order valence-electron chi connectivity index (χ4n) is 3.23. The van der Waals surface area contributed by atoms with E-state index in [9.17, 15) is 14.7 Å². The molecule has 2 amide bonds. The first kappa shape index (κ1) is 13.0. The number of benzene rings is 1. The molecule has 106 valence electrons. The van der Waals surface area contributed by atoms with Crippen molar-refractivity contribution in [2.75, 3.05) is 18.0 Å². The molecule has 1 saturated heterocycles. The SMILES string of the molecule is CC1CCN(C(=O)N2CCc3ccccc32)C1C(=O)O. The second kappa shape index (κ2) is 4.81. The van der Waals surface area contributed by atoms with Gasteiger partial charge in [-0.25, -0.2) is 9.59 Å². The fourth-order valence-corrected chi connectivity index (χ4v) is 3.23. The lowest BCUT2D eigenvalue weighted by Gasteiger charge is -2.28. The van der Waals surface area contributed by atoms with Gasteiger partial charge in [0.15, 0.2) is 0 Å². The van der Waals surface area contributed by atoms with Crippen LogP contribution in [-0.4, -0.2) is 41.1 Å². The zero-order valence-corrected chi connectivity index (χ0v) is 11.5. The zero-order valence-electron chi connectivity index (χ0n) is 11.5. The van der Waals surface area contributed by atoms with E-state index in [-0.39, 0.29) is 11.9 Å². The van der Waals surface area contributed by atoms with Gasteiger partial charge in [0.1, 0.15) is 6.04 Å². The average Bonchev–Trinajstić information content (AvgIpc) is 3.01. The number of hydrogen-bond donors (Lipinski definition) is 1. The lowest BCUT2D eigenvalue weighted by atomic mass is 10.0. The van der Waals surface area contributed by atoms with Crippen LogP contribution in [0.4, 0.5) is 10.5 Å². The lowest BCUT2D eigenvalue weighted by Crippen LogP contribution is -2.49. The molecular weight excluding hydrogens is 256 g/mol. The molecule has 1 fully saturated rings. The highest BCUT2D eigenvalue weighted by molar-refractivity contribution is 5.96. The van der Waals surface area contributed by atoms with Crippen LogP contribution in [0.2, 0.25) is 0 Å². The number of amides is 2. The Morgan fingerprint density at radius 3 is 2.75 bits per heavy atom. The van der Waals surface area contributed by atoms with Crippen LogP contribution in [0.5, 0.6) is 0 Å². The molecule has 2 aliphatic rings.